The van der Waals surface area contributed by atoms with Gasteiger partial charge in [0.1, 0.15) is 0 Å². The van der Waals surface area contributed by atoms with Crippen LogP contribution in [0.25, 0.3) is 0 Å². The maximum Gasteiger partial charge on any atom is 0.173 e. The van der Waals surface area contributed by atoms with Gasteiger partial charge in [-0.25, -0.2) is 4.68 Å². The number of benzene rings is 2. The second kappa shape index (κ2) is 11.9. The highest BCUT2D eigenvalue weighted by Gasteiger charge is 2.32. The van der Waals surface area contributed by atoms with Gasteiger partial charge in [0.05, 0.1) is 6.04 Å². The highest BCUT2D eigenvalue weighted by molar-refractivity contribution is 6.30. The lowest BCUT2D eigenvalue weighted by atomic mass is 9.93. The molecule has 1 unspecified atom stereocenters. The Morgan fingerprint density at radius 2 is 1.65 bits per heavy atom. The first kappa shape index (κ1) is 23.5. The van der Waals surface area contributed by atoms with Crippen LogP contribution in [-0.2, 0) is 13.0 Å². The van der Waals surface area contributed by atoms with Crippen molar-refractivity contribution >= 4 is 11.6 Å². The summed E-state index contributed by atoms with van der Waals surface area (Å²) in [6.07, 6.45) is 7.79. The van der Waals surface area contributed by atoms with E-state index in [1.807, 2.05) is 16.8 Å². The second-order valence-corrected chi connectivity index (χ2v) is 9.75. The van der Waals surface area contributed by atoms with E-state index >= 15 is 0 Å². The third-order valence-corrected chi connectivity index (χ3v) is 7.50. The molecule has 1 atom stereocenters. The zero-order valence-corrected chi connectivity index (χ0v) is 20.9. The van der Waals surface area contributed by atoms with Crippen LogP contribution in [0.3, 0.4) is 0 Å². The number of piperazine rings is 1. The number of aryl methyl sites for hydroxylation is 2. The molecule has 2 heterocycles. The van der Waals surface area contributed by atoms with Crippen molar-refractivity contribution in [1.29, 1.82) is 0 Å². The summed E-state index contributed by atoms with van der Waals surface area (Å²) < 4.78 is 7.74. The molecular formula is C27H37ClN6. The Hall–Kier alpha value is -2.28. The Morgan fingerprint density at radius 1 is 0.941 bits per heavy atom. The molecule has 1 aromatic heterocycles. The maximum atomic E-state index is 6.22. The van der Waals surface area contributed by atoms with Gasteiger partial charge in [-0.3, -0.25) is 9.80 Å². The molecule has 1 aliphatic carbocycles. The van der Waals surface area contributed by atoms with Crippen molar-refractivity contribution in [3.8, 4) is 0 Å². The molecule has 0 spiro atoms. The highest BCUT2D eigenvalue weighted by atomic mass is 35.5. The first-order chi connectivity index (χ1) is 17.3. The van der Waals surface area contributed by atoms with E-state index in [0.29, 0.717) is 0 Å². The molecule has 2 aliphatic rings. The van der Waals surface area contributed by atoms with E-state index in [1.54, 1.807) is 0 Å². The summed E-state index contributed by atoms with van der Waals surface area (Å²) in [4.78, 5) is 5.26. The van der Waals surface area contributed by atoms with Gasteiger partial charge in [0.15, 0.2) is 5.82 Å². The minimum absolute atomic E-state index is 0.0292. The van der Waals surface area contributed by atoms with E-state index in [0.717, 1.165) is 56.0 Å². The summed E-state index contributed by atoms with van der Waals surface area (Å²) in [5, 5.41) is 13.7. The molecule has 5 rings (SSSR count). The van der Waals surface area contributed by atoms with Crippen LogP contribution < -0.4 is 0 Å². The summed E-state index contributed by atoms with van der Waals surface area (Å²) in [6.45, 7) is 5.03. The average molecular weight is 482 g/mol. The van der Waals surface area contributed by atoms with Gasteiger partial charge in [-0.15, -0.1) is 5.10 Å². The topological polar surface area (TPSA) is 50.1 Å². The summed E-state index contributed by atoms with van der Waals surface area (Å²) in [7, 11) is 1.25. The van der Waals surface area contributed by atoms with E-state index in [9.17, 15) is 0 Å². The normalized spacial score (nSPS) is 19.2. The Bertz CT molecular complexity index is 998. The summed E-state index contributed by atoms with van der Waals surface area (Å²) in [5.41, 5.74) is 2.49. The molecule has 1 aliphatic heterocycles. The molecular weight excluding hydrogens is 444 g/mol. The molecule has 6 nitrogen and oxygen atoms in total. The quantitative estimate of drug-likeness (QED) is 0.461. The Balaban J connectivity index is 0.00000141. The minimum Gasteiger partial charge on any atom is -0.298 e. The van der Waals surface area contributed by atoms with Gasteiger partial charge in [0.2, 0.25) is 0 Å². The number of tetrazole rings is 1. The fourth-order valence-electron chi connectivity index (χ4n) is 5.42. The van der Waals surface area contributed by atoms with Crippen LogP contribution in [0.4, 0.5) is 0 Å². The Morgan fingerprint density at radius 3 is 2.35 bits per heavy atom. The molecule has 0 radical (unpaired) electrons. The number of aromatic nitrogens is 4. The fraction of sp³-hybridized carbons (Fsp3) is 0.519. The fourth-order valence-corrected chi connectivity index (χ4v) is 5.55. The molecule has 1 saturated carbocycles. The van der Waals surface area contributed by atoms with Crippen LogP contribution in [0.1, 0.15) is 63.9 Å². The third-order valence-electron chi connectivity index (χ3n) is 7.25. The zero-order chi connectivity index (χ0) is 24.5. The first-order valence-corrected chi connectivity index (χ1v) is 12.7. The molecule has 0 amide bonds. The standard InChI is InChI=1S/C26H33ClN6.CH4/c27-23-13-11-22(12-14-23)25(32-19-17-31(18-20-32)24-9-5-2-6-10-24)26-28-29-30-33(26)16-15-21-7-3-1-4-8-21;/h1,3-4,7-8,11-14,24-25H,2,5-6,9-10,15-20H2;1H4/i;1D. The van der Waals surface area contributed by atoms with Crippen LogP contribution in [0, 0.1) is 0 Å². The SMILES string of the molecule is Clc1ccc(C(c2nnnn2CCc2ccccc2)N2CCN(C3CCCCC3)CC2)cc1.[2H]C. The average Bonchev–Trinajstić information content (AvgIpc) is 3.39. The molecule has 34 heavy (non-hydrogen) atoms. The van der Waals surface area contributed by atoms with Crippen molar-refractivity contribution in [1.82, 2.24) is 30.0 Å². The zero-order valence-electron chi connectivity index (χ0n) is 21.2. The van der Waals surface area contributed by atoms with Crippen LogP contribution in [0.5, 0.6) is 0 Å². The number of halogens is 1. The van der Waals surface area contributed by atoms with E-state index in [-0.39, 0.29) is 6.04 Å². The monoisotopic (exact) mass is 481 g/mol. The number of nitrogens with zero attached hydrogens (tertiary/aromatic N) is 6. The van der Waals surface area contributed by atoms with Gasteiger partial charge < -0.3 is 0 Å². The van der Waals surface area contributed by atoms with Gasteiger partial charge in [0, 0.05) is 45.2 Å². The first-order valence-electron chi connectivity index (χ1n) is 13.3. The minimum atomic E-state index is 0.0292. The second-order valence-electron chi connectivity index (χ2n) is 9.31. The summed E-state index contributed by atoms with van der Waals surface area (Å²) in [6, 6.07) is 19.5. The van der Waals surface area contributed by atoms with Gasteiger partial charge in [-0.2, -0.15) is 0 Å². The molecule has 7 heteroatoms. The molecule has 3 aromatic rings. The molecule has 0 N–H and O–H groups in total. The van der Waals surface area contributed by atoms with E-state index in [2.05, 4.69) is 67.8 Å². The predicted octanol–water partition coefficient (Wildman–Crippen LogP) is 5.25. The van der Waals surface area contributed by atoms with Crippen LogP contribution in [0.15, 0.2) is 54.6 Å². The van der Waals surface area contributed by atoms with Crippen molar-refractivity contribution in [2.24, 2.45) is 0 Å². The third kappa shape index (κ3) is 5.85. The molecule has 1 saturated heterocycles. The van der Waals surface area contributed by atoms with Crippen molar-refractivity contribution in [3.05, 3.63) is 76.6 Å². The van der Waals surface area contributed by atoms with E-state index in [4.69, 9.17) is 13.0 Å². The van der Waals surface area contributed by atoms with Crippen LogP contribution >= 0.6 is 11.6 Å². The lowest BCUT2D eigenvalue weighted by Gasteiger charge is -2.43. The number of hydrogen-bond donors (Lipinski definition) is 0. The van der Waals surface area contributed by atoms with Gasteiger partial charge in [-0.05, 0) is 52.9 Å². The molecule has 182 valence electrons. The van der Waals surface area contributed by atoms with E-state index < -0.39 is 0 Å². The Labute approximate surface area is 210 Å². The smallest absolute Gasteiger partial charge is 0.173 e. The van der Waals surface area contributed by atoms with Crippen molar-refractivity contribution in [2.75, 3.05) is 26.2 Å². The van der Waals surface area contributed by atoms with Gasteiger partial charge >= 0.3 is 0 Å². The van der Waals surface area contributed by atoms with Crippen LogP contribution in [0.2, 0.25) is 5.02 Å². The Kier molecular flexibility index (Phi) is 8.22. The molecule has 2 aromatic carbocycles. The molecule has 0 bridgehead atoms. The lowest BCUT2D eigenvalue weighted by molar-refractivity contribution is 0.0619. The van der Waals surface area contributed by atoms with Gasteiger partial charge in [0.25, 0.3) is 0 Å². The van der Waals surface area contributed by atoms with E-state index in [1.165, 1.54) is 50.6 Å². The highest BCUT2D eigenvalue weighted by Crippen LogP contribution is 2.31. The van der Waals surface area contributed by atoms with Crippen molar-refractivity contribution < 1.29 is 1.37 Å². The maximum absolute atomic E-state index is 6.22. The lowest BCUT2D eigenvalue weighted by Crippen LogP contribution is -2.52. The summed E-state index contributed by atoms with van der Waals surface area (Å²) >= 11 is 6.22. The van der Waals surface area contributed by atoms with Crippen molar-refractivity contribution in [2.45, 2.75) is 64.6 Å². The molecule has 2 fully saturated rings. The number of hydrogen-bond acceptors (Lipinski definition) is 5. The van der Waals surface area contributed by atoms with Gasteiger partial charge in [-0.1, -0.05) is 80.7 Å². The largest absolute Gasteiger partial charge is 0.298 e. The number of rotatable bonds is 7. The van der Waals surface area contributed by atoms with Crippen molar-refractivity contribution in [3.63, 3.8) is 0 Å². The van der Waals surface area contributed by atoms with Crippen LogP contribution in [-0.4, -0.2) is 62.2 Å². The predicted molar refractivity (Wildman–Crippen MR) is 138 cm³/mol. The summed E-state index contributed by atoms with van der Waals surface area (Å²) in [5.74, 6) is 0.916.